The molecule has 0 saturated heterocycles. The molecular formula is C16H16ClNO. The highest BCUT2D eigenvalue weighted by atomic mass is 35.5. The molecule has 0 fully saturated rings. The van der Waals surface area contributed by atoms with Crippen LogP contribution in [-0.2, 0) is 6.54 Å². The molecule has 0 amide bonds. The molecular weight excluding hydrogens is 258 g/mol. The second kappa shape index (κ2) is 6.50. The number of nitrogens with zero attached hydrogens (tertiary/aromatic N) is 1. The number of rotatable bonds is 5. The summed E-state index contributed by atoms with van der Waals surface area (Å²) in [5.41, 5.74) is 1.78. The Morgan fingerprint density at radius 2 is 1.68 bits per heavy atom. The van der Waals surface area contributed by atoms with Crippen LogP contribution in [0.25, 0.3) is 0 Å². The fourth-order valence-corrected chi connectivity index (χ4v) is 2.13. The lowest BCUT2D eigenvalue weighted by molar-refractivity contribution is 0.0943. The molecule has 98 valence electrons. The van der Waals surface area contributed by atoms with Crippen molar-refractivity contribution in [3.63, 3.8) is 0 Å². The van der Waals surface area contributed by atoms with Crippen molar-refractivity contribution < 1.29 is 4.79 Å². The van der Waals surface area contributed by atoms with Crippen LogP contribution in [0.5, 0.6) is 0 Å². The summed E-state index contributed by atoms with van der Waals surface area (Å²) in [5.74, 6) is 0.121. The van der Waals surface area contributed by atoms with Crippen LogP contribution >= 0.6 is 11.6 Å². The molecule has 2 rings (SSSR count). The summed E-state index contributed by atoms with van der Waals surface area (Å²) < 4.78 is 0. The Morgan fingerprint density at radius 1 is 1.05 bits per heavy atom. The minimum atomic E-state index is 0.121. The van der Waals surface area contributed by atoms with Crippen molar-refractivity contribution in [2.24, 2.45) is 0 Å². The average Bonchev–Trinajstić information content (AvgIpc) is 2.42. The second-order valence-electron chi connectivity index (χ2n) is 4.55. The maximum absolute atomic E-state index is 12.1. The summed E-state index contributed by atoms with van der Waals surface area (Å²) in [6.45, 7) is 1.05. The lowest BCUT2D eigenvalue weighted by Crippen LogP contribution is -2.25. The zero-order valence-electron chi connectivity index (χ0n) is 10.8. The van der Waals surface area contributed by atoms with Gasteiger partial charge in [-0.2, -0.15) is 0 Å². The number of carbonyl (C=O) groups excluding carboxylic acids is 1. The van der Waals surface area contributed by atoms with E-state index in [1.807, 2.05) is 66.5 Å². The van der Waals surface area contributed by atoms with Gasteiger partial charge in [0.05, 0.1) is 6.54 Å². The topological polar surface area (TPSA) is 20.3 Å². The number of halogens is 1. The summed E-state index contributed by atoms with van der Waals surface area (Å²) in [5, 5.41) is 0.738. The van der Waals surface area contributed by atoms with E-state index >= 15 is 0 Å². The summed E-state index contributed by atoms with van der Waals surface area (Å²) in [4.78, 5) is 14.0. The molecule has 0 N–H and O–H groups in total. The van der Waals surface area contributed by atoms with Crippen LogP contribution in [0.1, 0.15) is 15.9 Å². The van der Waals surface area contributed by atoms with Crippen molar-refractivity contribution in [1.82, 2.24) is 4.90 Å². The maximum Gasteiger partial charge on any atom is 0.176 e. The fraction of sp³-hybridized carbons (Fsp3) is 0.188. The van der Waals surface area contributed by atoms with Gasteiger partial charge in [0.25, 0.3) is 0 Å². The highest BCUT2D eigenvalue weighted by Gasteiger charge is 2.10. The van der Waals surface area contributed by atoms with Gasteiger partial charge in [-0.1, -0.05) is 60.1 Å². The molecule has 0 spiro atoms. The van der Waals surface area contributed by atoms with Crippen LogP contribution in [0, 0.1) is 0 Å². The number of benzene rings is 2. The summed E-state index contributed by atoms with van der Waals surface area (Å²) in [6, 6.07) is 17.0. The number of Topliss-reactive ketones (excluding diaryl/α,β-unsaturated/α-hetero) is 1. The normalized spacial score (nSPS) is 10.7. The summed E-state index contributed by atoms with van der Waals surface area (Å²) in [6.07, 6.45) is 0. The van der Waals surface area contributed by atoms with Gasteiger partial charge < -0.3 is 0 Å². The van der Waals surface area contributed by atoms with Gasteiger partial charge in [-0.15, -0.1) is 0 Å². The highest BCUT2D eigenvalue weighted by Crippen LogP contribution is 2.16. The molecule has 0 aliphatic rings. The fourth-order valence-electron chi connectivity index (χ4n) is 1.93. The minimum absolute atomic E-state index is 0.121. The predicted molar refractivity (Wildman–Crippen MR) is 78.6 cm³/mol. The number of likely N-dealkylation sites (N-methyl/N-ethyl adjacent to an activating group) is 1. The van der Waals surface area contributed by atoms with Gasteiger partial charge in [-0.25, -0.2) is 0 Å². The third kappa shape index (κ3) is 3.91. The molecule has 2 aromatic rings. The van der Waals surface area contributed by atoms with Gasteiger partial charge in [0.1, 0.15) is 0 Å². The molecule has 0 aliphatic heterocycles. The lowest BCUT2D eigenvalue weighted by Gasteiger charge is -2.16. The van der Waals surface area contributed by atoms with Gasteiger partial charge in [0.15, 0.2) is 5.78 Å². The zero-order chi connectivity index (χ0) is 13.7. The van der Waals surface area contributed by atoms with Crippen molar-refractivity contribution in [2.75, 3.05) is 13.6 Å². The van der Waals surface area contributed by atoms with E-state index in [1.54, 1.807) is 0 Å². The Morgan fingerprint density at radius 3 is 2.37 bits per heavy atom. The number of hydrogen-bond donors (Lipinski definition) is 0. The molecule has 0 heterocycles. The van der Waals surface area contributed by atoms with E-state index in [-0.39, 0.29) is 5.78 Å². The van der Waals surface area contributed by atoms with Gasteiger partial charge in [0, 0.05) is 17.1 Å². The van der Waals surface area contributed by atoms with Gasteiger partial charge in [-0.3, -0.25) is 9.69 Å². The number of ketones is 1. The third-order valence-corrected chi connectivity index (χ3v) is 3.28. The zero-order valence-corrected chi connectivity index (χ0v) is 11.6. The smallest absolute Gasteiger partial charge is 0.176 e. The van der Waals surface area contributed by atoms with Crippen molar-refractivity contribution in [3.8, 4) is 0 Å². The lowest BCUT2D eigenvalue weighted by atomic mass is 10.1. The molecule has 19 heavy (non-hydrogen) atoms. The number of carbonyl (C=O) groups is 1. The predicted octanol–water partition coefficient (Wildman–Crippen LogP) is 3.65. The van der Waals surface area contributed by atoms with E-state index in [0.717, 1.165) is 16.1 Å². The molecule has 0 aromatic heterocycles. The SMILES string of the molecule is CN(CC(=O)c1ccccc1)Cc1ccccc1Cl. The van der Waals surface area contributed by atoms with Crippen LogP contribution in [0.15, 0.2) is 54.6 Å². The standard InChI is InChI=1S/C16H16ClNO/c1-18(11-14-9-5-6-10-15(14)17)12-16(19)13-7-3-2-4-8-13/h2-10H,11-12H2,1H3. The summed E-state index contributed by atoms with van der Waals surface area (Å²) >= 11 is 6.11. The van der Waals surface area contributed by atoms with Crippen LogP contribution in [0.4, 0.5) is 0 Å². The van der Waals surface area contributed by atoms with Crippen LogP contribution in [0.3, 0.4) is 0 Å². The van der Waals surface area contributed by atoms with Crippen molar-refractivity contribution in [2.45, 2.75) is 6.54 Å². The molecule has 0 aliphatic carbocycles. The monoisotopic (exact) mass is 273 g/mol. The summed E-state index contributed by atoms with van der Waals surface area (Å²) in [7, 11) is 1.92. The highest BCUT2D eigenvalue weighted by molar-refractivity contribution is 6.31. The first-order valence-corrected chi connectivity index (χ1v) is 6.55. The Balaban J connectivity index is 1.97. The first kappa shape index (κ1) is 13.8. The van der Waals surface area contributed by atoms with E-state index in [4.69, 9.17) is 11.6 Å². The largest absolute Gasteiger partial charge is 0.295 e. The molecule has 0 saturated carbocycles. The first-order valence-electron chi connectivity index (χ1n) is 6.17. The number of hydrogen-bond acceptors (Lipinski definition) is 2. The quantitative estimate of drug-likeness (QED) is 0.775. The minimum Gasteiger partial charge on any atom is -0.295 e. The Kier molecular flexibility index (Phi) is 4.72. The molecule has 2 aromatic carbocycles. The Labute approximate surface area is 118 Å². The van der Waals surface area contributed by atoms with Crippen molar-refractivity contribution in [1.29, 1.82) is 0 Å². The first-order chi connectivity index (χ1) is 9.16. The molecule has 0 radical (unpaired) electrons. The second-order valence-corrected chi connectivity index (χ2v) is 4.96. The Bertz CT molecular complexity index is 554. The van der Waals surface area contributed by atoms with Gasteiger partial charge in [-0.05, 0) is 18.7 Å². The molecule has 0 bridgehead atoms. The van der Waals surface area contributed by atoms with E-state index < -0.39 is 0 Å². The van der Waals surface area contributed by atoms with Gasteiger partial charge in [0.2, 0.25) is 0 Å². The van der Waals surface area contributed by atoms with Crippen LogP contribution in [-0.4, -0.2) is 24.3 Å². The van der Waals surface area contributed by atoms with Crippen molar-refractivity contribution in [3.05, 3.63) is 70.7 Å². The van der Waals surface area contributed by atoms with Crippen LogP contribution < -0.4 is 0 Å². The van der Waals surface area contributed by atoms with Gasteiger partial charge >= 0.3 is 0 Å². The van der Waals surface area contributed by atoms with E-state index in [0.29, 0.717) is 13.1 Å². The molecule has 3 heteroatoms. The van der Waals surface area contributed by atoms with E-state index in [1.165, 1.54) is 0 Å². The molecule has 0 unspecified atom stereocenters. The molecule has 0 atom stereocenters. The third-order valence-electron chi connectivity index (χ3n) is 2.91. The maximum atomic E-state index is 12.1. The van der Waals surface area contributed by atoms with E-state index in [2.05, 4.69) is 0 Å². The average molecular weight is 274 g/mol. The molecule has 2 nitrogen and oxygen atoms in total. The van der Waals surface area contributed by atoms with E-state index in [9.17, 15) is 4.79 Å². The van der Waals surface area contributed by atoms with Crippen molar-refractivity contribution >= 4 is 17.4 Å². The van der Waals surface area contributed by atoms with Crippen LogP contribution in [0.2, 0.25) is 5.02 Å². The Hall–Kier alpha value is -1.64.